The van der Waals surface area contributed by atoms with Gasteiger partial charge in [-0.3, -0.25) is 23.6 Å². The van der Waals surface area contributed by atoms with Crippen LogP contribution in [-0.4, -0.2) is 59.7 Å². The molecule has 40 heavy (non-hydrogen) atoms. The van der Waals surface area contributed by atoms with Crippen LogP contribution in [0, 0.1) is 0 Å². The zero-order chi connectivity index (χ0) is 28.0. The van der Waals surface area contributed by atoms with Gasteiger partial charge >= 0.3 is 0 Å². The van der Waals surface area contributed by atoms with E-state index in [-0.39, 0.29) is 35.2 Å². The van der Waals surface area contributed by atoms with Crippen LogP contribution in [0.25, 0.3) is 22.3 Å². The van der Waals surface area contributed by atoms with Gasteiger partial charge in [-0.05, 0) is 42.4 Å². The van der Waals surface area contributed by atoms with Crippen LogP contribution in [0.3, 0.4) is 0 Å². The second-order valence-corrected chi connectivity index (χ2v) is 11.3. The number of hydrogen-bond acceptors (Lipinski definition) is 6. The molecule has 2 aromatic heterocycles. The Morgan fingerprint density at radius 2 is 1.80 bits per heavy atom. The van der Waals surface area contributed by atoms with Crippen molar-refractivity contribution in [3.05, 3.63) is 81.9 Å². The SMILES string of the molecule is C[C@H](CC(=O)N1CCC(O)(Cn2cnc3c(-c4ccc5c(c4)C(=O)CC5)n(C)nc3c2=O)CC1)c1ccccc1. The van der Waals surface area contributed by atoms with Gasteiger partial charge in [-0.25, -0.2) is 4.98 Å². The third-order valence-electron chi connectivity index (χ3n) is 8.48. The van der Waals surface area contributed by atoms with E-state index in [1.807, 2.05) is 53.4 Å². The fraction of sp³-hybridized carbons (Fsp3) is 0.387. The molecule has 0 saturated carbocycles. The predicted octanol–water partition coefficient (Wildman–Crippen LogP) is 3.47. The molecule has 0 radical (unpaired) electrons. The molecule has 1 N–H and O–H groups in total. The van der Waals surface area contributed by atoms with Crippen molar-refractivity contribution in [2.24, 2.45) is 7.05 Å². The van der Waals surface area contributed by atoms with Gasteiger partial charge in [-0.15, -0.1) is 0 Å². The number of benzene rings is 2. The Labute approximate surface area is 232 Å². The molecular weight excluding hydrogens is 506 g/mol. The molecule has 0 unspecified atom stereocenters. The first-order valence-corrected chi connectivity index (χ1v) is 13.9. The van der Waals surface area contributed by atoms with E-state index in [0.29, 0.717) is 50.0 Å². The zero-order valence-corrected chi connectivity index (χ0v) is 22.8. The summed E-state index contributed by atoms with van der Waals surface area (Å²) in [6, 6.07) is 15.8. The van der Waals surface area contributed by atoms with Crippen molar-refractivity contribution in [3.8, 4) is 11.3 Å². The van der Waals surface area contributed by atoms with Gasteiger partial charge in [0.1, 0.15) is 5.52 Å². The zero-order valence-electron chi connectivity index (χ0n) is 22.8. The number of aliphatic hydroxyl groups is 1. The molecule has 9 heteroatoms. The number of likely N-dealkylation sites (tertiary alicyclic amines) is 1. The normalized spacial score (nSPS) is 17.3. The first-order valence-electron chi connectivity index (χ1n) is 13.9. The van der Waals surface area contributed by atoms with Crippen molar-refractivity contribution in [1.82, 2.24) is 24.2 Å². The van der Waals surface area contributed by atoms with Crippen molar-refractivity contribution in [2.45, 2.75) is 57.1 Å². The molecule has 2 aromatic carbocycles. The highest BCUT2D eigenvalue weighted by Crippen LogP contribution is 2.31. The first-order chi connectivity index (χ1) is 19.2. The Hall–Kier alpha value is -4.11. The molecule has 1 aliphatic carbocycles. The maximum absolute atomic E-state index is 13.4. The smallest absolute Gasteiger partial charge is 0.281 e. The van der Waals surface area contributed by atoms with Crippen LogP contribution in [0.2, 0.25) is 0 Å². The van der Waals surface area contributed by atoms with Crippen LogP contribution in [-0.2, 0) is 24.8 Å². The van der Waals surface area contributed by atoms with Gasteiger partial charge in [0, 0.05) is 44.1 Å². The second-order valence-electron chi connectivity index (χ2n) is 11.3. The standard InChI is InChI=1S/C31H33N5O4/c1-20(21-6-4-3-5-7-21)16-26(38)35-14-12-31(40,13-15-35)18-36-19-32-27-28(30(36)39)33-34(2)29(27)23-9-8-22-10-11-25(37)24(22)17-23/h3-9,17,19-20,40H,10-16,18H2,1-2H3/t20-/m1/s1. The summed E-state index contributed by atoms with van der Waals surface area (Å²) in [4.78, 5) is 45.0. The summed E-state index contributed by atoms with van der Waals surface area (Å²) in [6.07, 6.45) is 3.91. The summed E-state index contributed by atoms with van der Waals surface area (Å²) in [5.41, 5.74) is 3.61. The van der Waals surface area contributed by atoms with E-state index >= 15 is 0 Å². The van der Waals surface area contributed by atoms with Crippen molar-refractivity contribution >= 4 is 22.7 Å². The van der Waals surface area contributed by atoms with E-state index in [0.717, 1.165) is 28.7 Å². The number of nitrogens with zero attached hydrogens (tertiary/aromatic N) is 5. The summed E-state index contributed by atoms with van der Waals surface area (Å²) in [6.45, 7) is 3.00. The Morgan fingerprint density at radius 1 is 1.05 bits per heavy atom. The van der Waals surface area contributed by atoms with Crippen molar-refractivity contribution in [1.29, 1.82) is 0 Å². The Balaban J connectivity index is 1.17. The van der Waals surface area contributed by atoms with Crippen LogP contribution >= 0.6 is 0 Å². The lowest BCUT2D eigenvalue weighted by molar-refractivity contribution is -0.136. The lowest BCUT2D eigenvalue weighted by Gasteiger charge is -2.38. The third kappa shape index (κ3) is 4.75. The Kier molecular flexibility index (Phi) is 6.62. The lowest BCUT2D eigenvalue weighted by atomic mass is 9.90. The number of Topliss-reactive ketones (excluding diaryl/α,β-unsaturated/α-hetero) is 1. The molecule has 4 aromatic rings. The van der Waals surface area contributed by atoms with Crippen molar-refractivity contribution in [3.63, 3.8) is 0 Å². The molecule has 1 fully saturated rings. The molecule has 0 spiro atoms. The summed E-state index contributed by atoms with van der Waals surface area (Å²) in [5.74, 6) is 0.324. The van der Waals surface area contributed by atoms with E-state index < -0.39 is 5.60 Å². The number of rotatable bonds is 6. The number of fused-ring (bicyclic) bond motifs is 2. The van der Waals surface area contributed by atoms with Crippen molar-refractivity contribution in [2.75, 3.05) is 13.1 Å². The highest BCUT2D eigenvalue weighted by Gasteiger charge is 2.35. The van der Waals surface area contributed by atoms with E-state index in [9.17, 15) is 19.5 Å². The fourth-order valence-electron chi connectivity index (χ4n) is 6.05. The number of carbonyl (C=O) groups excluding carboxylic acids is 2. The maximum Gasteiger partial charge on any atom is 0.281 e. The summed E-state index contributed by atoms with van der Waals surface area (Å²) >= 11 is 0. The minimum absolute atomic E-state index is 0.0768. The topological polar surface area (TPSA) is 110 Å². The highest BCUT2D eigenvalue weighted by atomic mass is 16.3. The molecule has 1 saturated heterocycles. The summed E-state index contributed by atoms with van der Waals surface area (Å²) < 4.78 is 3.04. The van der Waals surface area contributed by atoms with Crippen LogP contribution in [0.1, 0.15) is 60.0 Å². The molecule has 1 atom stereocenters. The second kappa shape index (κ2) is 10.1. The fourth-order valence-corrected chi connectivity index (χ4v) is 6.05. The van der Waals surface area contributed by atoms with E-state index in [4.69, 9.17) is 0 Å². The average Bonchev–Trinajstić information content (AvgIpc) is 3.50. The van der Waals surface area contributed by atoms with Crippen molar-refractivity contribution < 1.29 is 14.7 Å². The largest absolute Gasteiger partial charge is 0.388 e. The maximum atomic E-state index is 13.4. The minimum atomic E-state index is -1.13. The lowest BCUT2D eigenvalue weighted by Crippen LogP contribution is -2.49. The first kappa shape index (κ1) is 26.1. The Bertz CT molecular complexity index is 1660. The van der Waals surface area contributed by atoms with Gasteiger partial charge < -0.3 is 10.0 Å². The molecule has 2 aliphatic rings. The number of aryl methyl sites for hydroxylation is 2. The average molecular weight is 540 g/mol. The van der Waals surface area contributed by atoms with Crippen LogP contribution in [0.5, 0.6) is 0 Å². The van der Waals surface area contributed by atoms with Gasteiger partial charge in [0.05, 0.1) is 24.2 Å². The number of amides is 1. The third-order valence-corrected chi connectivity index (χ3v) is 8.48. The molecule has 1 aliphatic heterocycles. The quantitative estimate of drug-likeness (QED) is 0.402. The molecule has 6 rings (SSSR count). The van der Waals surface area contributed by atoms with Crippen LogP contribution in [0.15, 0.2) is 59.7 Å². The molecule has 1 amide bonds. The van der Waals surface area contributed by atoms with E-state index in [1.54, 1.807) is 11.7 Å². The van der Waals surface area contributed by atoms with Gasteiger partial charge in [-0.1, -0.05) is 49.4 Å². The summed E-state index contributed by atoms with van der Waals surface area (Å²) in [5, 5.41) is 15.8. The van der Waals surface area contributed by atoms with Crippen LogP contribution < -0.4 is 5.56 Å². The number of hydrogen-bond donors (Lipinski definition) is 1. The van der Waals surface area contributed by atoms with Gasteiger partial charge in [0.25, 0.3) is 5.56 Å². The molecular formula is C31H33N5O4. The van der Waals surface area contributed by atoms with E-state index in [1.165, 1.54) is 10.9 Å². The molecule has 9 nitrogen and oxygen atoms in total. The van der Waals surface area contributed by atoms with E-state index in [2.05, 4.69) is 17.0 Å². The van der Waals surface area contributed by atoms with Gasteiger partial charge in [0.2, 0.25) is 5.91 Å². The Morgan fingerprint density at radius 3 is 2.55 bits per heavy atom. The number of aromatic nitrogens is 4. The van der Waals surface area contributed by atoms with Gasteiger partial charge in [0.15, 0.2) is 11.3 Å². The molecule has 3 heterocycles. The monoisotopic (exact) mass is 539 g/mol. The molecule has 206 valence electrons. The predicted molar refractivity (Wildman–Crippen MR) is 151 cm³/mol. The van der Waals surface area contributed by atoms with Gasteiger partial charge in [-0.2, -0.15) is 5.10 Å². The number of ketones is 1. The van der Waals surface area contributed by atoms with Crippen LogP contribution in [0.4, 0.5) is 0 Å². The summed E-state index contributed by atoms with van der Waals surface area (Å²) in [7, 11) is 1.76. The number of carbonyl (C=O) groups is 2. The molecule has 0 bridgehead atoms. The number of piperidine rings is 1. The minimum Gasteiger partial charge on any atom is -0.388 e. The highest BCUT2D eigenvalue weighted by molar-refractivity contribution is 6.02.